The number of benzene rings is 2. The molecule has 0 bridgehead atoms. The number of hydrogen-bond donors (Lipinski definition) is 0. The second-order valence-corrected chi connectivity index (χ2v) is 4.61. The third kappa shape index (κ3) is 1.96. The molecular formula is C16H14N2. The highest BCUT2D eigenvalue weighted by Crippen LogP contribution is 2.28. The lowest BCUT2D eigenvalue weighted by Gasteiger charge is -2.19. The molecule has 0 N–H and O–H groups in total. The number of fused-ring (bicyclic) bond motifs is 1. The molecule has 2 heteroatoms. The van der Waals surface area contributed by atoms with E-state index in [1.54, 1.807) is 0 Å². The summed E-state index contributed by atoms with van der Waals surface area (Å²) in [7, 11) is 0. The van der Waals surface area contributed by atoms with Gasteiger partial charge in [-0.2, -0.15) is 5.26 Å². The molecule has 0 fully saturated rings. The SMILES string of the molecule is N#Cc1cccc(CN2CCc3ccccc32)c1. The summed E-state index contributed by atoms with van der Waals surface area (Å²) >= 11 is 0. The molecule has 0 amide bonds. The fraction of sp³-hybridized carbons (Fsp3) is 0.188. The molecule has 88 valence electrons. The molecule has 2 aromatic carbocycles. The minimum atomic E-state index is 0.736. The molecule has 1 aliphatic heterocycles. The molecule has 1 heterocycles. The van der Waals surface area contributed by atoms with E-state index in [9.17, 15) is 0 Å². The average Bonchev–Trinajstić information content (AvgIpc) is 2.83. The lowest BCUT2D eigenvalue weighted by Crippen LogP contribution is -2.19. The quantitative estimate of drug-likeness (QED) is 0.798. The van der Waals surface area contributed by atoms with Gasteiger partial charge in [0.15, 0.2) is 0 Å². The second kappa shape index (κ2) is 4.54. The van der Waals surface area contributed by atoms with Crippen molar-refractivity contribution in [1.29, 1.82) is 5.26 Å². The Morgan fingerprint density at radius 1 is 1.11 bits per heavy atom. The van der Waals surface area contributed by atoms with Gasteiger partial charge in [-0.3, -0.25) is 0 Å². The van der Waals surface area contributed by atoms with Crippen LogP contribution in [-0.4, -0.2) is 6.54 Å². The Bertz CT molecular complexity index is 610. The first kappa shape index (κ1) is 10.9. The Morgan fingerprint density at radius 3 is 2.89 bits per heavy atom. The Hall–Kier alpha value is -2.27. The average molecular weight is 234 g/mol. The van der Waals surface area contributed by atoms with Crippen LogP contribution in [0.3, 0.4) is 0 Å². The van der Waals surface area contributed by atoms with Crippen molar-refractivity contribution in [3.05, 3.63) is 65.2 Å². The summed E-state index contributed by atoms with van der Waals surface area (Å²) in [6.07, 6.45) is 1.12. The number of para-hydroxylation sites is 1. The predicted molar refractivity (Wildman–Crippen MR) is 72.4 cm³/mol. The van der Waals surface area contributed by atoms with Crippen molar-refractivity contribution in [1.82, 2.24) is 0 Å². The fourth-order valence-electron chi connectivity index (χ4n) is 2.53. The lowest BCUT2D eigenvalue weighted by atomic mass is 10.1. The van der Waals surface area contributed by atoms with Gasteiger partial charge in [0.2, 0.25) is 0 Å². The van der Waals surface area contributed by atoms with E-state index in [0.29, 0.717) is 0 Å². The molecule has 0 spiro atoms. The minimum Gasteiger partial charge on any atom is -0.367 e. The van der Waals surface area contributed by atoms with Crippen LogP contribution in [0.15, 0.2) is 48.5 Å². The van der Waals surface area contributed by atoms with Crippen molar-refractivity contribution in [2.45, 2.75) is 13.0 Å². The Balaban J connectivity index is 1.84. The van der Waals surface area contributed by atoms with Gasteiger partial charge in [-0.05, 0) is 35.7 Å². The van der Waals surface area contributed by atoms with Gasteiger partial charge in [-0.15, -0.1) is 0 Å². The fourth-order valence-corrected chi connectivity index (χ4v) is 2.53. The molecule has 0 aliphatic carbocycles. The van der Waals surface area contributed by atoms with Gasteiger partial charge in [0.25, 0.3) is 0 Å². The number of rotatable bonds is 2. The van der Waals surface area contributed by atoms with Gasteiger partial charge >= 0.3 is 0 Å². The van der Waals surface area contributed by atoms with Crippen molar-refractivity contribution in [3.8, 4) is 6.07 Å². The smallest absolute Gasteiger partial charge is 0.0991 e. The normalized spacial score (nSPS) is 13.2. The summed E-state index contributed by atoms with van der Waals surface area (Å²) in [6, 6.07) is 18.6. The number of anilines is 1. The van der Waals surface area contributed by atoms with Crippen LogP contribution in [0, 0.1) is 11.3 Å². The summed E-state index contributed by atoms with van der Waals surface area (Å²) in [5.74, 6) is 0. The van der Waals surface area contributed by atoms with E-state index in [2.05, 4.69) is 41.3 Å². The third-order valence-corrected chi connectivity index (χ3v) is 3.41. The molecule has 18 heavy (non-hydrogen) atoms. The second-order valence-electron chi connectivity index (χ2n) is 4.61. The summed E-state index contributed by atoms with van der Waals surface area (Å²) in [6.45, 7) is 1.95. The van der Waals surface area contributed by atoms with Gasteiger partial charge in [-0.1, -0.05) is 30.3 Å². The van der Waals surface area contributed by atoms with Crippen LogP contribution in [0.5, 0.6) is 0 Å². The van der Waals surface area contributed by atoms with E-state index in [1.165, 1.54) is 16.8 Å². The summed E-state index contributed by atoms with van der Waals surface area (Å²) in [5.41, 5.74) is 4.69. The Kier molecular flexibility index (Phi) is 2.74. The standard InChI is InChI=1S/C16H14N2/c17-11-13-4-3-5-14(10-13)12-18-9-8-15-6-1-2-7-16(15)18/h1-7,10H,8-9,12H2. The molecule has 0 unspecified atom stereocenters. The van der Waals surface area contributed by atoms with Crippen LogP contribution in [0.1, 0.15) is 16.7 Å². The predicted octanol–water partition coefficient (Wildman–Crippen LogP) is 3.12. The molecule has 3 rings (SSSR count). The van der Waals surface area contributed by atoms with Gasteiger partial charge in [0.05, 0.1) is 11.6 Å². The molecule has 0 saturated carbocycles. The van der Waals surface area contributed by atoms with Crippen molar-refractivity contribution >= 4 is 5.69 Å². The van der Waals surface area contributed by atoms with E-state index in [0.717, 1.165) is 25.1 Å². The van der Waals surface area contributed by atoms with Gasteiger partial charge < -0.3 is 4.90 Å². The largest absolute Gasteiger partial charge is 0.367 e. The first-order chi connectivity index (χ1) is 8.86. The maximum Gasteiger partial charge on any atom is 0.0991 e. The first-order valence-corrected chi connectivity index (χ1v) is 6.19. The van der Waals surface area contributed by atoms with E-state index in [4.69, 9.17) is 5.26 Å². The van der Waals surface area contributed by atoms with Gasteiger partial charge in [-0.25, -0.2) is 0 Å². The lowest BCUT2D eigenvalue weighted by molar-refractivity contribution is 0.836. The maximum atomic E-state index is 8.92. The molecule has 0 radical (unpaired) electrons. The first-order valence-electron chi connectivity index (χ1n) is 6.19. The van der Waals surface area contributed by atoms with Gasteiger partial charge in [0.1, 0.15) is 0 Å². The third-order valence-electron chi connectivity index (χ3n) is 3.41. The molecule has 0 atom stereocenters. The van der Waals surface area contributed by atoms with Crippen LogP contribution in [0.4, 0.5) is 5.69 Å². The van der Waals surface area contributed by atoms with Crippen LogP contribution in [0.2, 0.25) is 0 Å². The van der Waals surface area contributed by atoms with E-state index in [1.807, 2.05) is 18.2 Å². The number of hydrogen-bond acceptors (Lipinski definition) is 2. The van der Waals surface area contributed by atoms with Crippen LogP contribution in [0.25, 0.3) is 0 Å². The zero-order valence-corrected chi connectivity index (χ0v) is 10.1. The van der Waals surface area contributed by atoms with E-state index in [-0.39, 0.29) is 0 Å². The molecule has 0 saturated heterocycles. The zero-order valence-electron chi connectivity index (χ0n) is 10.1. The highest BCUT2D eigenvalue weighted by atomic mass is 15.1. The molecule has 2 nitrogen and oxygen atoms in total. The Labute approximate surface area is 107 Å². The molecule has 0 aromatic heterocycles. The van der Waals surface area contributed by atoms with Crippen LogP contribution >= 0.6 is 0 Å². The summed E-state index contributed by atoms with van der Waals surface area (Å²) in [5, 5.41) is 8.92. The molecular weight excluding hydrogens is 220 g/mol. The van der Waals surface area contributed by atoms with Crippen molar-refractivity contribution in [3.63, 3.8) is 0 Å². The topological polar surface area (TPSA) is 27.0 Å². The van der Waals surface area contributed by atoms with E-state index >= 15 is 0 Å². The summed E-state index contributed by atoms with van der Waals surface area (Å²) in [4.78, 5) is 2.38. The minimum absolute atomic E-state index is 0.736. The van der Waals surface area contributed by atoms with E-state index < -0.39 is 0 Å². The van der Waals surface area contributed by atoms with Crippen LogP contribution < -0.4 is 4.90 Å². The van der Waals surface area contributed by atoms with Crippen molar-refractivity contribution in [2.75, 3.05) is 11.4 Å². The van der Waals surface area contributed by atoms with Gasteiger partial charge in [0, 0.05) is 18.8 Å². The van der Waals surface area contributed by atoms with Crippen LogP contribution in [-0.2, 0) is 13.0 Å². The highest BCUT2D eigenvalue weighted by molar-refractivity contribution is 5.58. The number of nitrogens with zero attached hydrogens (tertiary/aromatic N) is 2. The number of nitriles is 1. The summed E-state index contributed by atoms with van der Waals surface area (Å²) < 4.78 is 0. The molecule has 2 aromatic rings. The van der Waals surface area contributed by atoms with Crippen molar-refractivity contribution < 1.29 is 0 Å². The van der Waals surface area contributed by atoms with Crippen molar-refractivity contribution in [2.24, 2.45) is 0 Å². The monoisotopic (exact) mass is 234 g/mol. The molecule has 1 aliphatic rings. The Morgan fingerprint density at radius 2 is 2.00 bits per heavy atom. The highest BCUT2D eigenvalue weighted by Gasteiger charge is 2.18. The zero-order chi connectivity index (χ0) is 12.4. The maximum absolute atomic E-state index is 8.92.